The largest absolute Gasteiger partial charge is 0.414 e. The zero-order valence-corrected chi connectivity index (χ0v) is 12.5. The first-order chi connectivity index (χ1) is 10.7. The van der Waals surface area contributed by atoms with Crippen molar-refractivity contribution in [2.75, 3.05) is 12.4 Å². The van der Waals surface area contributed by atoms with Crippen LogP contribution in [0.15, 0.2) is 48.5 Å². The number of rotatable bonds is 3. The van der Waals surface area contributed by atoms with E-state index in [0.717, 1.165) is 11.1 Å². The smallest absolute Gasteiger partial charge is 0.375 e. The molecule has 1 amide bonds. The minimum atomic E-state index is -0.771. The zero-order valence-electron chi connectivity index (χ0n) is 11.7. The summed E-state index contributed by atoms with van der Waals surface area (Å²) in [6.07, 6.45) is -0.771. The molecule has 0 spiro atoms. The van der Waals surface area contributed by atoms with Crippen LogP contribution >= 0.6 is 11.6 Å². The topological polar surface area (TPSA) is 55.4 Å². The quantitative estimate of drug-likeness (QED) is 0.537. The van der Waals surface area contributed by atoms with E-state index in [0.29, 0.717) is 6.54 Å². The summed E-state index contributed by atoms with van der Waals surface area (Å²) in [5, 5.41) is 2.63. The molecule has 2 aromatic carbocycles. The molecule has 3 rings (SSSR count). The van der Waals surface area contributed by atoms with Crippen LogP contribution in [-0.4, -0.2) is 24.5 Å². The predicted molar refractivity (Wildman–Crippen MR) is 83.9 cm³/mol. The van der Waals surface area contributed by atoms with E-state index in [-0.39, 0.29) is 11.8 Å². The summed E-state index contributed by atoms with van der Waals surface area (Å²) in [5.41, 5.74) is 4.67. The minimum absolute atomic E-state index is 0.0473. The van der Waals surface area contributed by atoms with Gasteiger partial charge in [0.05, 0.1) is 0 Å². The third kappa shape index (κ3) is 2.70. The van der Waals surface area contributed by atoms with Gasteiger partial charge in [-0.25, -0.2) is 4.79 Å². The lowest BCUT2D eigenvalue weighted by molar-refractivity contribution is -0.134. The SMILES string of the molecule is O=C(CCl)OC(=O)NCC1c2ccccc2-c2ccccc21. The molecule has 22 heavy (non-hydrogen) atoms. The van der Waals surface area contributed by atoms with Gasteiger partial charge in [0.2, 0.25) is 0 Å². The highest BCUT2D eigenvalue weighted by atomic mass is 35.5. The van der Waals surface area contributed by atoms with Gasteiger partial charge in [-0.15, -0.1) is 11.6 Å². The number of halogens is 1. The van der Waals surface area contributed by atoms with Gasteiger partial charge in [-0.2, -0.15) is 0 Å². The van der Waals surface area contributed by atoms with Crippen molar-refractivity contribution in [3.8, 4) is 11.1 Å². The first kappa shape index (κ1) is 14.6. The number of carbonyl (C=O) groups is 2. The van der Waals surface area contributed by atoms with Crippen molar-refractivity contribution in [2.45, 2.75) is 5.92 Å². The van der Waals surface area contributed by atoms with Gasteiger partial charge >= 0.3 is 12.1 Å². The number of nitrogens with one attached hydrogen (secondary N) is 1. The predicted octanol–water partition coefficient (Wildman–Crippen LogP) is 3.29. The average molecular weight is 316 g/mol. The van der Waals surface area contributed by atoms with Crippen LogP contribution in [0.1, 0.15) is 17.0 Å². The second-order valence-electron chi connectivity index (χ2n) is 5.00. The Bertz CT molecular complexity index is 684. The monoisotopic (exact) mass is 315 g/mol. The number of alkyl halides is 1. The first-order valence-corrected chi connectivity index (χ1v) is 7.47. The van der Waals surface area contributed by atoms with Crippen molar-refractivity contribution in [2.24, 2.45) is 0 Å². The van der Waals surface area contributed by atoms with Crippen molar-refractivity contribution in [1.82, 2.24) is 5.32 Å². The van der Waals surface area contributed by atoms with Crippen molar-refractivity contribution < 1.29 is 14.3 Å². The molecule has 0 saturated carbocycles. The maximum Gasteiger partial charge on any atom is 0.414 e. The molecule has 0 radical (unpaired) electrons. The molecule has 0 aromatic heterocycles. The Morgan fingerprint density at radius 2 is 1.55 bits per heavy atom. The molecule has 0 aliphatic heterocycles. The number of esters is 1. The summed E-state index contributed by atoms with van der Waals surface area (Å²) in [4.78, 5) is 22.6. The highest BCUT2D eigenvalue weighted by molar-refractivity contribution is 6.27. The van der Waals surface area contributed by atoms with Gasteiger partial charge in [0.15, 0.2) is 0 Å². The van der Waals surface area contributed by atoms with Crippen LogP contribution in [-0.2, 0) is 9.53 Å². The third-order valence-corrected chi connectivity index (χ3v) is 3.95. The molecule has 1 N–H and O–H groups in total. The third-order valence-electron chi connectivity index (χ3n) is 3.73. The van der Waals surface area contributed by atoms with E-state index in [4.69, 9.17) is 11.6 Å². The zero-order chi connectivity index (χ0) is 15.5. The average Bonchev–Trinajstić information content (AvgIpc) is 2.87. The van der Waals surface area contributed by atoms with Crippen LogP contribution in [0.2, 0.25) is 0 Å². The second kappa shape index (κ2) is 6.20. The van der Waals surface area contributed by atoms with Crippen molar-refractivity contribution in [1.29, 1.82) is 0 Å². The Balaban J connectivity index is 1.79. The minimum Gasteiger partial charge on any atom is -0.375 e. The number of ether oxygens (including phenoxy) is 1. The van der Waals surface area contributed by atoms with Crippen molar-refractivity contribution in [3.63, 3.8) is 0 Å². The van der Waals surface area contributed by atoms with Crippen LogP contribution < -0.4 is 5.32 Å². The summed E-state index contributed by atoms with van der Waals surface area (Å²) in [5.74, 6) is -1.06. The molecule has 4 nitrogen and oxygen atoms in total. The lowest BCUT2D eigenvalue weighted by Crippen LogP contribution is -2.31. The molecule has 1 aliphatic carbocycles. The Hall–Kier alpha value is -2.33. The second-order valence-corrected chi connectivity index (χ2v) is 5.27. The van der Waals surface area contributed by atoms with Crippen LogP contribution in [0.25, 0.3) is 11.1 Å². The number of alkyl carbamates (subject to hydrolysis) is 1. The molecule has 0 saturated heterocycles. The fourth-order valence-electron chi connectivity index (χ4n) is 2.83. The molecular weight excluding hydrogens is 302 g/mol. The normalized spacial score (nSPS) is 12.4. The number of amides is 1. The van der Waals surface area contributed by atoms with E-state index in [1.165, 1.54) is 11.1 Å². The van der Waals surface area contributed by atoms with Crippen molar-refractivity contribution >= 4 is 23.7 Å². The maximum absolute atomic E-state index is 11.6. The van der Waals surface area contributed by atoms with Crippen LogP contribution in [0, 0.1) is 0 Å². The summed E-state index contributed by atoms with van der Waals surface area (Å²) in [6.45, 7) is 0.364. The first-order valence-electron chi connectivity index (χ1n) is 6.93. The maximum atomic E-state index is 11.6. The fourth-order valence-corrected chi connectivity index (χ4v) is 2.89. The molecule has 2 aromatic rings. The van der Waals surface area contributed by atoms with Crippen LogP contribution in [0.3, 0.4) is 0 Å². The molecule has 0 bridgehead atoms. The van der Waals surface area contributed by atoms with E-state index in [9.17, 15) is 9.59 Å². The van der Waals surface area contributed by atoms with Gasteiger partial charge in [-0.3, -0.25) is 4.79 Å². The lowest BCUT2D eigenvalue weighted by atomic mass is 9.97. The Kier molecular flexibility index (Phi) is 4.11. The van der Waals surface area contributed by atoms with Gasteiger partial charge in [0.1, 0.15) is 5.88 Å². The van der Waals surface area contributed by atoms with Crippen LogP contribution in [0.4, 0.5) is 4.79 Å². The summed E-state index contributed by atoms with van der Waals surface area (Å²) in [6, 6.07) is 16.2. The van der Waals surface area contributed by atoms with Gasteiger partial charge in [0, 0.05) is 12.5 Å². The summed E-state index contributed by atoms with van der Waals surface area (Å²) >= 11 is 5.30. The molecule has 5 heteroatoms. The Morgan fingerprint density at radius 3 is 2.09 bits per heavy atom. The van der Waals surface area contributed by atoms with Gasteiger partial charge in [-0.1, -0.05) is 48.5 Å². The lowest BCUT2D eigenvalue weighted by Gasteiger charge is -2.14. The van der Waals surface area contributed by atoms with Crippen molar-refractivity contribution in [3.05, 3.63) is 59.7 Å². The molecule has 0 unspecified atom stereocenters. The number of carbonyl (C=O) groups excluding carboxylic acids is 2. The molecule has 0 heterocycles. The van der Waals surface area contributed by atoms with E-state index < -0.39 is 12.1 Å². The highest BCUT2D eigenvalue weighted by Gasteiger charge is 2.28. The Labute approximate surface area is 133 Å². The van der Waals surface area contributed by atoms with Gasteiger partial charge in [0.25, 0.3) is 0 Å². The molecule has 0 atom stereocenters. The highest BCUT2D eigenvalue weighted by Crippen LogP contribution is 2.43. The van der Waals surface area contributed by atoms with E-state index >= 15 is 0 Å². The number of hydrogen-bond acceptors (Lipinski definition) is 3. The van der Waals surface area contributed by atoms with Crippen LogP contribution in [0.5, 0.6) is 0 Å². The van der Waals surface area contributed by atoms with E-state index in [1.807, 2.05) is 24.3 Å². The Morgan fingerprint density at radius 1 is 1.00 bits per heavy atom. The summed E-state index contributed by atoms with van der Waals surface area (Å²) in [7, 11) is 0. The molecular formula is C17H14ClNO3. The van der Waals surface area contributed by atoms with Gasteiger partial charge in [-0.05, 0) is 22.3 Å². The molecule has 112 valence electrons. The van der Waals surface area contributed by atoms with Gasteiger partial charge < -0.3 is 10.1 Å². The van der Waals surface area contributed by atoms with E-state index in [2.05, 4.69) is 34.3 Å². The fraction of sp³-hybridized carbons (Fsp3) is 0.176. The number of benzene rings is 2. The standard InChI is InChI=1S/C17H14ClNO3/c18-9-16(20)22-17(21)19-10-15-13-7-3-1-5-11(13)12-6-2-4-8-14(12)15/h1-8,15H,9-10H2,(H,19,21). The van der Waals surface area contributed by atoms with E-state index in [1.54, 1.807) is 0 Å². The number of fused-ring (bicyclic) bond motifs is 3. The number of hydrogen-bond donors (Lipinski definition) is 1. The summed E-state index contributed by atoms with van der Waals surface area (Å²) < 4.78 is 4.51. The molecule has 1 aliphatic rings. The molecule has 0 fully saturated rings.